The van der Waals surface area contributed by atoms with E-state index in [1.54, 1.807) is 29.8 Å². The summed E-state index contributed by atoms with van der Waals surface area (Å²) in [5, 5.41) is 2.61. The molecule has 0 radical (unpaired) electrons. The molecule has 7 nitrogen and oxygen atoms in total. The Balaban J connectivity index is 1.90. The Morgan fingerprint density at radius 2 is 1.79 bits per heavy atom. The number of hydrogen-bond donors (Lipinski definition) is 1. The van der Waals surface area contributed by atoms with Crippen molar-refractivity contribution >= 4 is 15.7 Å². The maximum absolute atomic E-state index is 14.6. The molecule has 38 heavy (non-hydrogen) atoms. The number of pyridine rings is 1. The summed E-state index contributed by atoms with van der Waals surface area (Å²) in [5.74, 6) is -1.64. The molecule has 1 aromatic carbocycles. The third-order valence-electron chi connectivity index (χ3n) is 6.49. The molecule has 2 heterocycles. The quantitative estimate of drug-likeness (QED) is 0.498. The monoisotopic (exact) mass is 556 g/mol. The zero-order valence-electron chi connectivity index (χ0n) is 22.1. The Morgan fingerprint density at radius 3 is 2.34 bits per heavy atom. The van der Waals surface area contributed by atoms with Gasteiger partial charge in [-0.2, -0.15) is 13.2 Å². The number of carbonyl (C=O) groups is 1. The number of amides is 1. The van der Waals surface area contributed by atoms with Gasteiger partial charge in [-0.15, -0.1) is 0 Å². The lowest BCUT2D eigenvalue weighted by molar-refractivity contribution is -0.138. The highest BCUT2D eigenvalue weighted by Gasteiger charge is 2.44. The summed E-state index contributed by atoms with van der Waals surface area (Å²) in [7, 11) is -1.95. The molecule has 1 aliphatic heterocycles. The van der Waals surface area contributed by atoms with Crippen molar-refractivity contribution in [3.63, 3.8) is 0 Å². The second kappa shape index (κ2) is 10.5. The van der Waals surface area contributed by atoms with Gasteiger partial charge in [0.1, 0.15) is 17.7 Å². The van der Waals surface area contributed by atoms with Crippen LogP contribution in [0.3, 0.4) is 0 Å². The predicted octanol–water partition coefficient (Wildman–Crippen LogP) is 4.70. The van der Waals surface area contributed by atoms with Crippen LogP contribution in [-0.4, -0.2) is 48.1 Å². The SMILES string of the molecule is CCS(=O)(=O)c1cnc(CNC(=O)C2=C(C)N(Cc3ccccc3C(F)(F)F)C(C(C)(C)C)N2C)c(F)c1. The summed E-state index contributed by atoms with van der Waals surface area (Å²) in [6.45, 7) is 8.50. The fraction of sp³-hybridized carbons (Fsp3) is 0.462. The van der Waals surface area contributed by atoms with Gasteiger partial charge in [-0.25, -0.2) is 12.8 Å². The molecular formula is C26H32F4N4O3S. The van der Waals surface area contributed by atoms with E-state index in [0.29, 0.717) is 5.70 Å². The van der Waals surface area contributed by atoms with Crippen molar-refractivity contribution in [3.05, 3.63) is 70.6 Å². The summed E-state index contributed by atoms with van der Waals surface area (Å²) in [6.07, 6.45) is -3.93. The van der Waals surface area contributed by atoms with Gasteiger partial charge in [0.2, 0.25) is 0 Å². The van der Waals surface area contributed by atoms with E-state index < -0.39 is 44.9 Å². The van der Waals surface area contributed by atoms with Crippen LogP contribution in [0.2, 0.25) is 0 Å². The van der Waals surface area contributed by atoms with E-state index in [9.17, 15) is 30.8 Å². The maximum atomic E-state index is 14.6. The van der Waals surface area contributed by atoms with Crippen molar-refractivity contribution in [1.29, 1.82) is 0 Å². The molecule has 1 N–H and O–H groups in total. The Hall–Kier alpha value is -3.15. The summed E-state index contributed by atoms with van der Waals surface area (Å²) < 4.78 is 79.5. The molecule has 1 unspecified atom stereocenters. The Bertz CT molecular complexity index is 1350. The minimum atomic E-state index is -4.53. The molecule has 2 aromatic rings. The first-order valence-electron chi connectivity index (χ1n) is 12.0. The third kappa shape index (κ3) is 5.95. The van der Waals surface area contributed by atoms with E-state index in [1.807, 2.05) is 20.8 Å². The number of aromatic nitrogens is 1. The van der Waals surface area contributed by atoms with Gasteiger partial charge in [-0.3, -0.25) is 9.78 Å². The number of nitrogens with zero attached hydrogens (tertiary/aromatic N) is 3. The van der Waals surface area contributed by atoms with Gasteiger partial charge in [0.25, 0.3) is 5.91 Å². The number of likely N-dealkylation sites (N-methyl/N-ethyl adjacent to an activating group) is 1. The van der Waals surface area contributed by atoms with E-state index >= 15 is 0 Å². The average molecular weight is 557 g/mol. The number of rotatable bonds is 7. The van der Waals surface area contributed by atoms with Crippen LogP contribution in [0.15, 0.2) is 52.8 Å². The first kappa shape index (κ1) is 29.4. The Morgan fingerprint density at radius 1 is 1.16 bits per heavy atom. The predicted molar refractivity (Wildman–Crippen MR) is 134 cm³/mol. The largest absolute Gasteiger partial charge is 0.416 e. The second-order valence-electron chi connectivity index (χ2n) is 10.3. The van der Waals surface area contributed by atoms with Gasteiger partial charge >= 0.3 is 6.18 Å². The topological polar surface area (TPSA) is 82.6 Å². The summed E-state index contributed by atoms with van der Waals surface area (Å²) in [4.78, 5) is 20.4. The molecule has 1 amide bonds. The smallest absolute Gasteiger partial charge is 0.348 e. The number of hydrogen-bond acceptors (Lipinski definition) is 6. The molecule has 1 aromatic heterocycles. The molecular weight excluding hydrogens is 524 g/mol. The lowest BCUT2D eigenvalue weighted by Crippen LogP contribution is -2.48. The zero-order chi connectivity index (χ0) is 28.6. The minimum absolute atomic E-state index is 0.0753. The van der Waals surface area contributed by atoms with Crippen molar-refractivity contribution in [1.82, 2.24) is 20.1 Å². The van der Waals surface area contributed by atoms with Crippen molar-refractivity contribution in [2.75, 3.05) is 12.8 Å². The van der Waals surface area contributed by atoms with Crippen LogP contribution in [0, 0.1) is 11.2 Å². The second-order valence-corrected chi connectivity index (χ2v) is 12.5. The first-order valence-corrected chi connectivity index (χ1v) is 13.6. The third-order valence-corrected chi connectivity index (χ3v) is 8.19. The van der Waals surface area contributed by atoms with Crippen LogP contribution in [0.5, 0.6) is 0 Å². The number of halogens is 4. The van der Waals surface area contributed by atoms with Gasteiger partial charge < -0.3 is 15.1 Å². The van der Waals surface area contributed by atoms with E-state index in [2.05, 4.69) is 10.3 Å². The summed E-state index contributed by atoms with van der Waals surface area (Å²) in [5.41, 5.74) is -0.553. The van der Waals surface area contributed by atoms with E-state index in [4.69, 9.17) is 0 Å². The molecule has 0 fully saturated rings. The highest BCUT2D eigenvalue weighted by molar-refractivity contribution is 7.91. The van der Waals surface area contributed by atoms with Gasteiger partial charge in [0.05, 0.1) is 28.5 Å². The number of nitrogens with one attached hydrogen (secondary N) is 1. The van der Waals surface area contributed by atoms with Crippen LogP contribution in [0.25, 0.3) is 0 Å². The molecule has 1 aliphatic rings. The number of benzene rings is 1. The molecule has 0 aliphatic carbocycles. The van der Waals surface area contributed by atoms with Gasteiger partial charge in [-0.1, -0.05) is 45.9 Å². The van der Waals surface area contributed by atoms with Crippen molar-refractivity contribution in [2.24, 2.45) is 5.41 Å². The zero-order valence-corrected chi connectivity index (χ0v) is 23.0. The van der Waals surface area contributed by atoms with E-state index in [1.165, 1.54) is 19.1 Å². The molecule has 0 saturated carbocycles. The summed E-state index contributed by atoms with van der Waals surface area (Å²) in [6, 6.07) is 6.20. The average Bonchev–Trinajstić information content (AvgIpc) is 3.07. The van der Waals surface area contributed by atoms with Gasteiger partial charge in [-0.05, 0) is 24.6 Å². The fourth-order valence-electron chi connectivity index (χ4n) is 4.77. The lowest BCUT2D eigenvalue weighted by atomic mass is 9.90. The van der Waals surface area contributed by atoms with Crippen molar-refractivity contribution < 1.29 is 30.8 Å². The van der Waals surface area contributed by atoms with Crippen LogP contribution in [0.1, 0.15) is 51.4 Å². The molecule has 0 spiro atoms. The summed E-state index contributed by atoms with van der Waals surface area (Å²) >= 11 is 0. The van der Waals surface area contributed by atoms with Crippen LogP contribution in [-0.2, 0) is 33.9 Å². The fourth-order valence-corrected chi connectivity index (χ4v) is 5.60. The lowest BCUT2D eigenvalue weighted by Gasteiger charge is -2.41. The maximum Gasteiger partial charge on any atom is 0.416 e. The Kier molecular flexibility index (Phi) is 8.16. The number of carbonyl (C=O) groups excluding carboxylic acids is 1. The molecule has 208 valence electrons. The van der Waals surface area contributed by atoms with E-state index in [-0.39, 0.29) is 40.7 Å². The van der Waals surface area contributed by atoms with Crippen LogP contribution in [0.4, 0.5) is 17.6 Å². The molecule has 0 bridgehead atoms. The van der Waals surface area contributed by atoms with Gasteiger partial charge in [0, 0.05) is 30.9 Å². The number of sulfone groups is 1. The normalized spacial score (nSPS) is 16.8. The Labute approximate surface area is 220 Å². The standard InChI is InChI=1S/C26H32F4N4O3S/c1-7-38(36,37)18-12-20(27)21(31-13-18)14-32-23(35)22-16(2)34(24(33(22)6)25(3,4)5)15-17-10-8-9-11-19(17)26(28,29)30/h8-13,24H,7,14-15H2,1-6H3,(H,32,35). The van der Waals surface area contributed by atoms with Crippen LogP contribution < -0.4 is 5.32 Å². The van der Waals surface area contributed by atoms with Crippen molar-refractivity contribution in [3.8, 4) is 0 Å². The van der Waals surface area contributed by atoms with E-state index in [0.717, 1.165) is 18.3 Å². The number of alkyl halides is 3. The highest BCUT2D eigenvalue weighted by atomic mass is 32.2. The minimum Gasteiger partial charge on any atom is -0.348 e. The van der Waals surface area contributed by atoms with Crippen LogP contribution >= 0.6 is 0 Å². The molecule has 12 heteroatoms. The first-order chi connectivity index (χ1) is 17.5. The molecule has 3 rings (SSSR count). The molecule has 1 atom stereocenters. The number of allylic oxidation sites excluding steroid dienone is 1. The van der Waals surface area contributed by atoms with Gasteiger partial charge in [0.15, 0.2) is 9.84 Å². The molecule has 0 saturated heterocycles. The van der Waals surface area contributed by atoms with Crippen molar-refractivity contribution in [2.45, 2.75) is 64.9 Å². The highest BCUT2D eigenvalue weighted by Crippen LogP contribution is 2.40.